The largest absolute Gasteiger partial charge is 0.438 e. The number of hydrogen-bond donors (Lipinski definition) is 0. The zero-order valence-electron chi connectivity index (χ0n) is 15.4. The first kappa shape index (κ1) is 16.6. The van der Waals surface area contributed by atoms with Gasteiger partial charge in [0.1, 0.15) is 5.52 Å². The van der Waals surface area contributed by atoms with Crippen molar-refractivity contribution in [2.24, 2.45) is 0 Å². The van der Waals surface area contributed by atoms with Crippen LogP contribution in [0, 0.1) is 0 Å². The molecule has 0 radical (unpaired) electrons. The van der Waals surface area contributed by atoms with Gasteiger partial charge < -0.3 is 8.83 Å². The summed E-state index contributed by atoms with van der Waals surface area (Å²) in [6.45, 7) is 10.2. The van der Waals surface area contributed by atoms with Crippen molar-refractivity contribution in [3.8, 4) is 0 Å². The van der Waals surface area contributed by atoms with Crippen LogP contribution in [0.2, 0.25) is 0 Å². The minimum absolute atomic E-state index is 0.180. The van der Waals surface area contributed by atoms with Crippen molar-refractivity contribution in [2.45, 2.75) is 51.9 Å². The van der Waals surface area contributed by atoms with Gasteiger partial charge in [-0.05, 0) is 0 Å². The van der Waals surface area contributed by atoms with Gasteiger partial charge in [-0.15, -0.1) is 5.10 Å². The zero-order chi connectivity index (χ0) is 18.5. The van der Waals surface area contributed by atoms with Crippen molar-refractivity contribution in [1.29, 1.82) is 0 Å². The van der Waals surface area contributed by atoms with Gasteiger partial charge in [-0.25, -0.2) is 4.98 Å². The third-order valence-electron chi connectivity index (χ3n) is 4.15. The molecule has 0 saturated heterocycles. The summed E-state index contributed by atoms with van der Waals surface area (Å²) in [5, 5.41) is 16.2. The van der Waals surface area contributed by atoms with Crippen LogP contribution in [-0.2, 0) is 17.3 Å². The van der Waals surface area contributed by atoms with Crippen LogP contribution in [0.25, 0.3) is 22.3 Å². The summed E-state index contributed by atoms with van der Waals surface area (Å²) in [7, 11) is 0. The van der Waals surface area contributed by atoms with E-state index in [1.807, 2.05) is 40.7 Å². The molecule has 8 nitrogen and oxygen atoms in total. The second kappa shape index (κ2) is 5.55. The molecule has 0 atom stereocenters. The molecule has 0 N–H and O–H groups in total. The van der Waals surface area contributed by atoms with E-state index < -0.39 is 0 Å². The second-order valence-corrected chi connectivity index (χ2v) is 8.11. The molecule has 0 unspecified atom stereocenters. The second-order valence-electron chi connectivity index (χ2n) is 8.11. The number of aromatic nitrogens is 6. The fraction of sp³-hybridized carbons (Fsp3) is 0.444. The Morgan fingerprint density at radius 3 is 2.31 bits per heavy atom. The average molecular weight is 352 g/mol. The van der Waals surface area contributed by atoms with Crippen molar-refractivity contribution in [1.82, 2.24) is 30.4 Å². The molecule has 0 saturated carbocycles. The Bertz CT molecular complexity index is 1060. The van der Waals surface area contributed by atoms with E-state index in [1.54, 1.807) is 12.4 Å². The normalized spacial score (nSPS) is 13.0. The minimum Gasteiger partial charge on any atom is -0.438 e. The van der Waals surface area contributed by atoms with E-state index in [0.717, 1.165) is 5.69 Å². The molecule has 0 aliphatic rings. The topological polar surface area (TPSA) is 104 Å². The monoisotopic (exact) mass is 352 g/mol. The van der Waals surface area contributed by atoms with Crippen LogP contribution < -0.4 is 0 Å². The molecule has 0 bridgehead atoms. The molecule has 4 rings (SSSR count). The third-order valence-corrected chi connectivity index (χ3v) is 4.15. The first-order valence-corrected chi connectivity index (χ1v) is 8.44. The molecule has 26 heavy (non-hydrogen) atoms. The van der Waals surface area contributed by atoms with Gasteiger partial charge in [0.15, 0.2) is 11.2 Å². The quantitative estimate of drug-likeness (QED) is 0.553. The molecule has 4 aromatic rings. The van der Waals surface area contributed by atoms with Gasteiger partial charge in [-0.3, -0.25) is 0 Å². The maximum atomic E-state index is 5.87. The molecular formula is C18H20N6O2. The highest BCUT2D eigenvalue weighted by Crippen LogP contribution is 2.30. The summed E-state index contributed by atoms with van der Waals surface area (Å²) < 4.78 is 11.7. The summed E-state index contributed by atoms with van der Waals surface area (Å²) in [5.41, 5.74) is 2.70. The van der Waals surface area contributed by atoms with E-state index in [1.165, 1.54) is 0 Å². The van der Waals surface area contributed by atoms with Crippen LogP contribution in [0.4, 0.5) is 0 Å². The molecular weight excluding hydrogens is 332 g/mol. The van der Waals surface area contributed by atoms with E-state index in [4.69, 9.17) is 8.83 Å². The number of fused-ring (bicyclic) bond motifs is 2. The number of hydrogen-bond acceptors (Lipinski definition) is 8. The zero-order valence-corrected chi connectivity index (χ0v) is 15.4. The van der Waals surface area contributed by atoms with Crippen LogP contribution in [0.15, 0.2) is 27.3 Å². The molecule has 4 heterocycles. The highest BCUT2D eigenvalue weighted by Gasteiger charge is 2.29. The Labute approximate surface area is 150 Å². The first-order valence-electron chi connectivity index (χ1n) is 8.44. The summed E-state index contributed by atoms with van der Waals surface area (Å²) >= 11 is 0. The van der Waals surface area contributed by atoms with E-state index in [9.17, 15) is 0 Å². The molecule has 0 aromatic carbocycles. The lowest BCUT2D eigenvalue weighted by molar-refractivity contribution is 0.377. The van der Waals surface area contributed by atoms with Gasteiger partial charge in [-0.1, -0.05) is 34.6 Å². The molecule has 0 aliphatic carbocycles. The predicted molar refractivity (Wildman–Crippen MR) is 94.6 cm³/mol. The Morgan fingerprint density at radius 2 is 1.58 bits per heavy atom. The highest BCUT2D eigenvalue weighted by atomic mass is 16.4. The highest BCUT2D eigenvalue weighted by molar-refractivity contribution is 5.70. The lowest BCUT2D eigenvalue weighted by atomic mass is 9.87. The Hall–Kier alpha value is -2.90. The van der Waals surface area contributed by atoms with Crippen LogP contribution in [0.5, 0.6) is 0 Å². The molecule has 134 valence electrons. The maximum Gasteiger partial charge on any atom is 0.220 e. The maximum absolute atomic E-state index is 5.87. The average Bonchev–Trinajstić information content (AvgIpc) is 3.18. The number of rotatable bonds is 3. The van der Waals surface area contributed by atoms with Gasteiger partial charge in [0, 0.05) is 23.3 Å². The minimum atomic E-state index is -0.381. The first-order chi connectivity index (χ1) is 12.2. The molecule has 0 aliphatic heterocycles. The number of nitrogens with zero attached hydrogens (tertiary/aromatic N) is 6. The van der Waals surface area contributed by atoms with E-state index in [-0.39, 0.29) is 10.8 Å². The molecule has 8 heteroatoms. The van der Waals surface area contributed by atoms with Gasteiger partial charge in [0.2, 0.25) is 17.4 Å². The van der Waals surface area contributed by atoms with Crippen LogP contribution in [0.3, 0.4) is 0 Å². The molecule has 0 amide bonds. The fourth-order valence-corrected chi connectivity index (χ4v) is 2.71. The van der Waals surface area contributed by atoms with Crippen molar-refractivity contribution < 1.29 is 8.83 Å². The summed E-state index contributed by atoms with van der Waals surface area (Å²) in [5.74, 6) is 1.26. The van der Waals surface area contributed by atoms with E-state index in [2.05, 4.69) is 30.4 Å². The van der Waals surface area contributed by atoms with Gasteiger partial charge in [0.25, 0.3) is 0 Å². The third kappa shape index (κ3) is 2.91. The van der Waals surface area contributed by atoms with Gasteiger partial charge >= 0.3 is 0 Å². The SMILES string of the molecule is CC(C)(C)c1nc2nnc(CC(C)(C)c3nc4cnncc4o3)cc2o1. The van der Waals surface area contributed by atoms with Crippen molar-refractivity contribution >= 4 is 22.3 Å². The van der Waals surface area contributed by atoms with Crippen molar-refractivity contribution in [3.63, 3.8) is 0 Å². The van der Waals surface area contributed by atoms with E-state index in [0.29, 0.717) is 40.5 Å². The predicted octanol–water partition coefficient (Wildman–Crippen LogP) is 3.37. The van der Waals surface area contributed by atoms with Gasteiger partial charge in [0.05, 0.1) is 18.1 Å². The van der Waals surface area contributed by atoms with Crippen molar-refractivity contribution in [3.05, 3.63) is 35.9 Å². The lowest BCUT2D eigenvalue weighted by Gasteiger charge is -2.19. The van der Waals surface area contributed by atoms with Gasteiger partial charge in [-0.2, -0.15) is 20.3 Å². The molecule has 0 fully saturated rings. The number of oxazole rings is 2. The Balaban J connectivity index is 1.66. The van der Waals surface area contributed by atoms with Crippen molar-refractivity contribution in [2.75, 3.05) is 0 Å². The Morgan fingerprint density at radius 1 is 0.846 bits per heavy atom. The lowest BCUT2D eigenvalue weighted by Crippen LogP contribution is -2.21. The molecule has 0 spiro atoms. The van der Waals surface area contributed by atoms with Crippen LogP contribution in [-0.4, -0.2) is 30.4 Å². The fourth-order valence-electron chi connectivity index (χ4n) is 2.71. The summed E-state index contributed by atoms with van der Waals surface area (Å²) in [4.78, 5) is 8.95. The summed E-state index contributed by atoms with van der Waals surface area (Å²) in [6.07, 6.45) is 3.75. The standard InChI is InChI=1S/C18H20N6O2/c1-17(2,3)15-22-14-12(25-15)6-10(23-24-14)7-18(4,5)16-21-11-8-19-20-9-13(11)26-16/h6,8-9H,7H2,1-5H3. The summed E-state index contributed by atoms with van der Waals surface area (Å²) in [6, 6.07) is 1.89. The smallest absolute Gasteiger partial charge is 0.220 e. The Kier molecular flexibility index (Phi) is 3.54. The van der Waals surface area contributed by atoms with Crippen LogP contribution in [0.1, 0.15) is 52.1 Å². The van der Waals surface area contributed by atoms with E-state index >= 15 is 0 Å². The van der Waals surface area contributed by atoms with Crippen LogP contribution >= 0.6 is 0 Å². The molecule has 4 aromatic heterocycles.